The number of aromatic amines is 1. The third kappa shape index (κ3) is 3.25. The van der Waals surface area contributed by atoms with Crippen molar-refractivity contribution in [3.63, 3.8) is 0 Å². The summed E-state index contributed by atoms with van der Waals surface area (Å²) in [6.07, 6.45) is 5.61. The number of fused-ring (bicyclic) bond motifs is 1. The van der Waals surface area contributed by atoms with Gasteiger partial charge < -0.3 is 4.98 Å². The Morgan fingerprint density at radius 3 is 3.00 bits per heavy atom. The Morgan fingerprint density at radius 1 is 1.35 bits per heavy atom. The normalized spacial score (nSPS) is 14.2. The lowest BCUT2D eigenvalue weighted by atomic mass is 10.1. The standard InChI is InChI=1S/C19H18FN5O/c1-12-7-13(8-22-17(12)20)10-25-6-4-16-15(11-25)19(26)24-18(23-16)14-3-2-5-21-9-14/h2-3,5,7-9H,4,6,10-11H2,1H3,(H,23,24,26). The number of hydrogen-bond acceptors (Lipinski definition) is 5. The molecule has 0 unspecified atom stereocenters. The number of nitrogens with zero attached hydrogens (tertiary/aromatic N) is 4. The van der Waals surface area contributed by atoms with E-state index in [0.717, 1.165) is 23.4 Å². The highest BCUT2D eigenvalue weighted by molar-refractivity contribution is 5.53. The van der Waals surface area contributed by atoms with E-state index in [2.05, 4.69) is 24.8 Å². The van der Waals surface area contributed by atoms with Crippen LogP contribution in [0.3, 0.4) is 0 Å². The fraction of sp³-hybridized carbons (Fsp3) is 0.263. The number of rotatable bonds is 3. The Labute approximate surface area is 149 Å². The summed E-state index contributed by atoms with van der Waals surface area (Å²) in [5.41, 5.74) is 3.66. The molecule has 0 fully saturated rings. The molecule has 1 aliphatic heterocycles. The minimum absolute atomic E-state index is 0.119. The summed E-state index contributed by atoms with van der Waals surface area (Å²) in [6.45, 7) is 3.62. The highest BCUT2D eigenvalue weighted by atomic mass is 19.1. The molecule has 0 atom stereocenters. The van der Waals surface area contributed by atoms with E-state index in [1.165, 1.54) is 0 Å². The summed E-state index contributed by atoms with van der Waals surface area (Å²) < 4.78 is 13.3. The second-order valence-electron chi connectivity index (χ2n) is 6.49. The monoisotopic (exact) mass is 351 g/mol. The van der Waals surface area contributed by atoms with Gasteiger partial charge in [-0.3, -0.25) is 14.7 Å². The van der Waals surface area contributed by atoms with Gasteiger partial charge in [0.15, 0.2) is 0 Å². The van der Waals surface area contributed by atoms with Gasteiger partial charge in [0.05, 0.1) is 11.3 Å². The number of hydrogen-bond donors (Lipinski definition) is 1. The maximum absolute atomic E-state index is 13.3. The topological polar surface area (TPSA) is 74.8 Å². The van der Waals surface area contributed by atoms with Gasteiger partial charge in [0.2, 0.25) is 5.95 Å². The van der Waals surface area contributed by atoms with E-state index in [1.807, 2.05) is 12.1 Å². The molecular weight excluding hydrogens is 333 g/mol. The Balaban J connectivity index is 1.57. The molecule has 1 aliphatic rings. The van der Waals surface area contributed by atoms with Crippen molar-refractivity contribution in [2.75, 3.05) is 6.54 Å². The molecule has 26 heavy (non-hydrogen) atoms. The zero-order chi connectivity index (χ0) is 18.1. The van der Waals surface area contributed by atoms with Crippen molar-refractivity contribution in [2.45, 2.75) is 26.4 Å². The lowest BCUT2D eigenvalue weighted by Gasteiger charge is -2.27. The molecule has 0 aromatic carbocycles. The van der Waals surface area contributed by atoms with Crippen LogP contribution in [0.15, 0.2) is 41.6 Å². The molecule has 0 spiro atoms. The van der Waals surface area contributed by atoms with Crippen molar-refractivity contribution in [2.24, 2.45) is 0 Å². The Morgan fingerprint density at radius 2 is 2.23 bits per heavy atom. The van der Waals surface area contributed by atoms with Crippen LogP contribution in [0.1, 0.15) is 22.4 Å². The predicted octanol–water partition coefficient (Wildman–Crippen LogP) is 2.23. The van der Waals surface area contributed by atoms with Gasteiger partial charge in [0.1, 0.15) is 5.82 Å². The molecule has 4 rings (SSSR count). The minimum atomic E-state index is -0.443. The summed E-state index contributed by atoms with van der Waals surface area (Å²) in [6, 6.07) is 5.48. The number of pyridine rings is 2. The van der Waals surface area contributed by atoms with Crippen LogP contribution >= 0.6 is 0 Å². The Bertz CT molecular complexity index is 1000. The lowest BCUT2D eigenvalue weighted by molar-refractivity contribution is 0.241. The smallest absolute Gasteiger partial charge is 0.255 e. The van der Waals surface area contributed by atoms with E-state index < -0.39 is 5.95 Å². The maximum atomic E-state index is 13.3. The summed E-state index contributed by atoms with van der Waals surface area (Å²) in [4.78, 5) is 30.0. The molecule has 3 aromatic heterocycles. The van der Waals surface area contributed by atoms with Crippen molar-refractivity contribution in [3.8, 4) is 11.4 Å². The molecule has 132 valence electrons. The van der Waals surface area contributed by atoms with Crippen LogP contribution in [0, 0.1) is 12.9 Å². The molecule has 7 heteroatoms. The second-order valence-corrected chi connectivity index (χ2v) is 6.49. The Kier molecular flexibility index (Phi) is 4.30. The summed E-state index contributed by atoms with van der Waals surface area (Å²) in [5.74, 6) is 0.106. The highest BCUT2D eigenvalue weighted by Gasteiger charge is 2.22. The summed E-state index contributed by atoms with van der Waals surface area (Å²) >= 11 is 0. The van der Waals surface area contributed by atoms with Crippen LogP contribution in [0.2, 0.25) is 0 Å². The first-order valence-corrected chi connectivity index (χ1v) is 8.46. The van der Waals surface area contributed by atoms with Crippen LogP contribution < -0.4 is 5.56 Å². The number of aryl methyl sites for hydroxylation is 1. The van der Waals surface area contributed by atoms with E-state index >= 15 is 0 Å². The van der Waals surface area contributed by atoms with Gasteiger partial charge in [-0.25, -0.2) is 9.97 Å². The van der Waals surface area contributed by atoms with E-state index in [1.54, 1.807) is 31.6 Å². The lowest BCUT2D eigenvalue weighted by Crippen LogP contribution is -2.35. The zero-order valence-corrected chi connectivity index (χ0v) is 14.4. The molecule has 0 aliphatic carbocycles. The van der Waals surface area contributed by atoms with E-state index in [9.17, 15) is 9.18 Å². The fourth-order valence-corrected chi connectivity index (χ4v) is 3.22. The maximum Gasteiger partial charge on any atom is 0.255 e. The van der Waals surface area contributed by atoms with Crippen molar-refractivity contribution < 1.29 is 4.39 Å². The first-order chi connectivity index (χ1) is 12.6. The zero-order valence-electron chi connectivity index (χ0n) is 14.4. The molecule has 1 N–H and O–H groups in total. The molecule has 3 aromatic rings. The van der Waals surface area contributed by atoms with Gasteiger partial charge in [-0.2, -0.15) is 4.39 Å². The fourth-order valence-electron chi connectivity index (χ4n) is 3.22. The molecule has 4 heterocycles. The molecule has 0 saturated carbocycles. The molecule has 0 amide bonds. The second kappa shape index (κ2) is 6.76. The van der Waals surface area contributed by atoms with Crippen LogP contribution in [0.4, 0.5) is 4.39 Å². The van der Waals surface area contributed by atoms with Gasteiger partial charge in [-0.05, 0) is 30.7 Å². The highest BCUT2D eigenvalue weighted by Crippen LogP contribution is 2.19. The van der Waals surface area contributed by atoms with Crippen LogP contribution in [-0.2, 0) is 19.5 Å². The number of H-pyrrole nitrogens is 1. The largest absolute Gasteiger partial charge is 0.306 e. The average molecular weight is 351 g/mol. The van der Waals surface area contributed by atoms with E-state index in [0.29, 0.717) is 36.5 Å². The van der Waals surface area contributed by atoms with Crippen molar-refractivity contribution in [1.82, 2.24) is 24.8 Å². The van der Waals surface area contributed by atoms with Gasteiger partial charge >= 0.3 is 0 Å². The molecular formula is C19H18FN5O. The summed E-state index contributed by atoms with van der Waals surface area (Å²) in [5, 5.41) is 0. The van der Waals surface area contributed by atoms with Gasteiger partial charge in [0, 0.05) is 55.8 Å². The first kappa shape index (κ1) is 16.5. The van der Waals surface area contributed by atoms with Crippen LogP contribution in [0.5, 0.6) is 0 Å². The molecule has 0 radical (unpaired) electrons. The third-order valence-electron chi connectivity index (χ3n) is 4.56. The number of nitrogens with one attached hydrogen (secondary N) is 1. The molecule has 6 nitrogen and oxygen atoms in total. The van der Waals surface area contributed by atoms with Crippen molar-refractivity contribution in [3.05, 3.63) is 75.5 Å². The molecule has 0 bridgehead atoms. The van der Waals surface area contributed by atoms with Gasteiger partial charge in [-0.15, -0.1) is 0 Å². The Hall–Kier alpha value is -2.93. The third-order valence-corrected chi connectivity index (χ3v) is 4.56. The van der Waals surface area contributed by atoms with E-state index in [-0.39, 0.29) is 5.56 Å². The van der Waals surface area contributed by atoms with Crippen molar-refractivity contribution in [1.29, 1.82) is 0 Å². The van der Waals surface area contributed by atoms with Gasteiger partial charge in [0.25, 0.3) is 5.56 Å². The van der Waals surface area contributed by atoms with Crippen LogP contribution in [0.25, 0.3) is 11.4 Å². The van der Waals surface area contributed by atoms with E-state index in [4.69, 9.17) is 0 Å². The number of halogens is 1. The minimum Gasteiger partial charge on any atom is -0.306 e. The van der Waals surface area contributed by atoms with Crippen LogP contribution in [-0.4, -0.2) is 31.4 Å². The van der Waals surface area contributed by atoms with Gasteiger partial charge in [-0.1, -0.05) is 0 Å². The first-order valence-electron chi connectivity index (χ1n) is 8.46. The van der Waals surface area contributed by atoms with Crippen molar-refractivity contribution >= 4 is 0 Å². The predicted molar refractivity (Wildman–Crippen MR) is 94.8 cm³/mol. The molecule has 0 saturated heterocycles. The summed E-state index contributed by atoms with van der Waals surface area (Å²) in [7, 11) is 0. The number of aromatic nitrogens is 4. The average Bonchev–Trinajstić information content (AvgIpc) is 2.66. The SMILES string of the molecule is Cc1cc(CN2CCc3nc(-c4cccnc4)[nH]c(=O)c3C2)cnc1F. The quantitative estimate of drug-likeness (QED) is 0.733.